The molecule has 0 saturated heterocycles. The van der Waals surface area contributed by atoms with Crippen LogP contribution in [0.3, 0.4) is 0 Å². The molecule has 1 N–H and O–H groups in total. The number of carbonyl (C=O) groups is 1. The van der Waals surface area contributed by atoms with Crippen LogP contribution in [0, 0.1) is 10.1 Å². The maximum absolute atomic E-state index is 12.1. The molecule has 96 valence electrons. The summed E-state index contributed by atoms with van der Waals surface area (Å²) in [6, 6.07) is 4.79. The van der Waals surface area contributed by atoms with Crippen molar-refractivity contribution in [3.8, 4) is 0 Å². The summed E-state index contributed by atoms with van der Waals surface area (Å²) >= 11 is 0. The first-order valence-corrected chi connectivity index (χ1v) is 5.78. The van der Waals surface area contributed by atoms with Crippen LogP contribution in [-0.2, 0) is 0 Å². The number of carbonyl (C=O) groups excluding carboxylic acids is 1. The molecule has 0 bridgehead atoms. The fourth-order valence-corrected chi connectivity index (χ4v) is 1.86. The number of hydrogen-bond acceptors (Lipinski definition) is 4. The second-order valence-corrected chi connectivity index (χ2v) is 4.39. The van der Waals surface area contributed by atoms with Gasteiger partial charge in [0.05, 0.1) is 4.92 Å². The van der Waals surface area contributed by atoms with E-state index >= 15 is 0 Å². The Bertz CT molecular complexity index is 497. The Labute approximate surface area is 105 Å². The normalized spacial score (nSPS) is 14.1. The molecule has 1 amide bonds. The van der Waals surface area contributed by atoms with Crippen molar-refractivity contribution in [3.05, 3.63) is 33.9 Å². The van der Waals surface area contributed by atoms with E-state index in [1.165, 1.54) is 6.07 Å². The predicted molar refractivity (Wildman–Crippen MR) is 67.8 cm³/mol. The van der Waals surface area contributed by atoms with Crippen LogP contribution in [0.5, 0.6) is 0 Å². The lowest BCUT2D eigenvalue weighted by atomic mass is 10.1. The Balaban J connectivity index is 2.31. The highest BCUT2D eigenvalue weighted by Crippen LogP contribution is 2.29. The molecule has 0 atom stereocenters. The van der Waals surface area contributed by atoms with Crippen LogP contribution in [0.1, 0.15) is 23.2 Å². The van der Waals surface area contributed by atoms with Crippen LogP contribution < -0.4 is 5.32 Å². The first-order chi connectivity index (χ1) is 8.54. The van der Waals surface area contributed by atoms with Gasteiger partial charge in [0.25, 0.3) is 11.6 Å². The number of nitro benzene ring substituents is 1. The summed E-state index contributed by atoms with van der Waals surface area (Å²) < 4.78 is 0. The van der Waals surface area contributed by atoms with E-state index in [2.05, 4.69) is 5.32 Å². The van der Waals surface area contributed by atoms with Gasteiger partial charge in [-0.05, 0) is 25.0 Å². The molecule has 0 aliphatic heterocycles. The van der Waals surface area contributed by atoms with E-state index in [0.29, 0.717) is 17.3 Å². The largest absolute Gasteiger partial charge is 0.383 e. The summed E-state index contributed by atoms with van der Waals surface area (Å²) in [5.74, 6) is -0.164. The van der Waals surface area contributed by atoms with Crippen molar-refractivity contribution in [2.75, 3.05) is 19.4 Å². The van der Waals surface area contributed by atoms with Crippen molar-refractivity contribution in [1.82, 2.24) is 4.90 Å². The molecule has 0 heterocycles. The Morgan fingerprint density at radius 1 is 1.50 bits per heavy atom. The monoisotopic (exact) mass is 249 g/mol. The number of nitrogens with one attached hydrogen (secondary N) is 1. The summed E-state index contributed by atoms with van der Waals surface area (Å²) in [6.07, 6.45) is 2.03. The Hall–Kier alpha value is -2.11. The Morgan fingerprint density at radius 2 is 2.17 bits per heavy atom. The van der Waals surface area contributed by atoms with Gasteiger partial charge in [-0.15, -0.1) is 0 Å². The number of anilines is 1. The SMILES string of the molecule is CNc1ccc(C(=O)N(C)C2CC2)cc1[N+](=O)[O-]. The molecule has 6 nitrogen and oxygen atoms in total. The van der Waals surface area contributed by atoms with Crippen LogP contribution in [0.4, 0.5) is 11.4 Å². The molecule has 0 unspecified atom stereocenters. The van der Waals surface area contributed by atoms with Gasteiger partial charge in [-0.25, -0.2) is 0 Å². The number of hydrogen-bond donors (Lipinski definition) is 1. The van der Waals surface area contributed by atoms with Crippen molar-refractivity contribution < 1.29 is 9.72 Å². The lowest BCUT2D eigenvalue weighted by Crippen LogP contribution is -2.28. The average molecular weight is 249 g/mol. The minimum atomic E-state index is -0.486. The quantitative estimate of drug-likeness (QED) is 0.653. The highest BCUT2D eigenvalue weighted by Gasteiger charge is 2.30. The third kappa shape index (κ3) is 2.27. The highest BCUT2D eigenvalue weighted by atomic mass is 16.6. The zero-order valence-electron chi connectivity index (χ0n) is 10.3. The summed E-state index contributed by atoms with van der Waals surface area (Å²) in [6.45, 7) is 0. The first-order valence-electron chi connectivity index (χ1n) is 5.78. The van der Waals surface area contributed by atoms with Gasteiger partial charge in [-0.1, -0.05) is 0 Å². The molecule has 18 heavy (non-hydrogen) atoms. The lowest BCUT2D eigenvalue weighted by Gasteiger charge is -2.16. The van der Waals surface area contributed by atoms with E-state index in [4.69, 9.17) is 0 Å². The van der Waals surface area contributed by atoms with Crippen molar-refractivity contribution in [2.24, 2.45) is 0 Å². The number of amides is 1. The Morgan fingerprint density at radius 3 is 2.67 bits per heavy atom. The predicted octanol–water partition coefficient (Wildman–Crippen LogP) is 1.87. The molecule has 1 aromatic rings. The zero-order valence-corrected chi connectivity index (χ0v) is 10.3. The summed E-state index contributed by atoms with van der Waals surface area (Å²) in [7, 11) is 3.35. The maximum atomic E-state index is 12.1. The van der Waals surface area contributed by atoms with E-state index in [0.717, 1.165) is 12.8 Å². The van der Waals surface area contributed by atoms with E-state index in [1.807, 2.05) is 0 Å². The zero-order chi connectivity index (χ0) is 13.3. The average Bonchev–Trinajstić information content (AvgIpc) is 3.20. The third-order valence-corrected chi connectivity index (χ3v) is 3.13. The van der Waals surface area contributed by atoms with Crippen LogP contribution >= 0.6 is 0 Å². The van der Waals surface area contributed by atoms with Gasteiger partial charge < -0.3 is 10.2 Å². The van der Waals surface area contributed by atoms with Gasteiger partial charge >= 0.3 is 0 Å². The summed E-state index contributed by atoms with van der Waals surface area (Å²) in [5.41, 5.74) is 0.688. The highest BCUT2D eigenvalue weighted by molar-refractivity contribution is 5.96. The van der Waals surface area contributed by atoms with Gasteiger partial charge in [0.15, 0.2) is 0 Å². The molecule has 1 aromatic carbocycles. The molecule has 1 saturated carbocycles. The molecule has 6 heteroatoms. The summed E-state index contributed by atoms with van der Waals surface area (Å²) in [5, 5.41) is 13.7. The molecular weight excluding hydrogens is 234 g/mol. The van der Waals surface area contributed by atoms with Crippen LogP contribution in [0.2, 0.25) is 0 Å². The molecule has 0 radical (unpaired) electrons. The Kier molecular flexibility index (Phi) is 3.18. The number of benzene rings is 1. The minimum Gasteiger partial charge on any atom is -0.383 e. The molecule has 0 spiro atoms. The van der Waals surface area contributed by atoms with E-state index in [1.54, 1.807) is 31.1 Å². The van der Waals surface area contributed by atoms with Crippen molar-refractivity contribution in [3.63, 3.8) is 0 Å². The smallest absolute Gasteiger partial charge is 0.293 e. The second-order valence-electron chi connectivity index (χ2n) is 4.39. The van der Waals surface area contributed by atoms with Crippen LogP contribution in [0.25, 0.3) is 0 Å². The van der Waals surface area contributed by atoms with E-state index in [9.17, 15) is 14.9 Å². The number of nitrogens with zero attached hydrogens (tertiary/aromatic N) is 2. The summed E-state index contributed by atoms with van der Waals surface area (Å²) in [4.78, 5) is 24.2. The molecule has 1 aliphatic carbocycles. The van der Waals surface area contributed by atoms with Crippen molar-refractivity contribution in [1.29, 1.82) is 0 Å². The number of nitro groups is 1. The second kappa shape index (κ2) is 4.64. The van der Waals surface area contributed by atoms with Gasteiger partial charge in [0.2, 0.25) is 0 Å². The van der Waals surface area contributed by atoms with Crippen LogP contribution in [0.15, 0.2) is 18.2 Å². The first kappa shape index (κ1) is 12.3. The van der Waals surface area contributed by atoms with Crippen molar-refractivity contribution >= 4 is 17.3 Å². The molecule has 1 fully saturated rings. The number of rotatable bonds is 4. The topological polar surface area (TPSA) is 75.5 Å². The third-order valence-electron chi connectivity index (χ3n) is 3.13. The van der Waals surface area contributed by atoms with E-state index < -0.39 is 4.92 Å². The lowest BCUT2D eigenvalue weighted by molar-refractivity contribution is -0.384. The van der Waals surface area contributed by atoms with Crippen LogP contribution in [-0.4, -0.2) is 35.9 Å². The van der Waals surface area contributed by atoms with Gasteiger partial charge in [-0.3, -0.25) is 14.9 Å². The minimum absolute atomic E-state index is 0.0763. The standard InChI is InChI=1S/C12H15N3O3/c1-13-10-6-3-8(7-11(10)15(17)18)12(16)14(2)9-4-5-9/h3,6-7,9,13H,4-5H2,1-2H3. The van der Waals surface area contributed by atoms with Gasteiger partial charge in [0, 0.05) is 31.8 Å². The molecular formula is C12H15N3O3. The van der Waals surface area contributed by atoms with E-state index in [-0.39, 0.29) is 11.6 Å². The van der Waals surface area contributed by atoms with Gasteiger partial charge in [-0.2, -0.15) is 0 Å². The molecule has 2 rings (SSSR count). The fourth-order valence-electron chi connectivity index (χ4n) is 1.86. The maximum Gasteiger partial charge on any atom is 0.293 e. The van der Waals surface area contributed by atoms with Gasteiger partial charge in [0.1, 0.15) is 5.69 Å². The fraction of sp³-hybridized carbons (Fsp3) is 0.417. The molecule has 0 aromatic heterocycles. The molecule has 1 aliphatic rings. The van der Waals surface area contributed by atoms with Crippen molar-refractivity contribution in [2.45, 2.75) is 18.9 Å².